The lowest BCUT2D eigenvalue weighted by Crippen LogP contribution is -2.60. The van der Waals surface area contributed by atoms with E-state index in [-0.39, 0.29) is 80.6 Å². The Hall–Kier alpha value is -6.81. The predicted molar refractivity (Wildman–Crippen MR) is 296 cm³/mol. The number of pyridine rings is 4. The molecule has 0 bridgehead atoms. The van der Waals surface area contributed by atoms with Gasteiger partial charge in [0.05, 0.1) is 78.6 Å². The number of hydrogen-bond donors (Lipinski definition) is 4. The minimum absolute atomic E-state index is 0. The topological polar surface area (TPSA) is 244 Å². The van der Waals surface area contributed by atoms with Crippen molar-refractivity contribution in [3.63, 3.8) is 0 Å². The molecular formula is C55H45Cl6FN8O10. The van der Waals surface area contributed by atoms with Crippen LogP contribution in [0, 0.1) is 5.82 Å². The van der Waals surface area contributed by atoms with Gasteiger partial charge >= 0.3 is 11.9 Å². The van der Waals surface area contributed by atoms with E-state index in [1.807, 2.05) is 4.90 Å². The van der Waals surface area contributed by atoms with Gasteiger partial charge in [-0.2, -0.15) is 0 Å². The molecule has 80 heavy (non-hydrogen) atoms. The molecule has 2 saturated carbocycles. The average molecular weight is 1210 g/mol. The van der Waals surface area contributed by atoms with Crippen molar-refractivity contribution in [2.45, 2.75) is 69.4 Å². The first kappa shape index (κ1) is 56.5. The van der Waals surface area contributed by atoms with E-state index >= 15 is 0 Å². The van der Waals surface area contributed by atoms with Gasteiger partial charge in [0.1, 0.15) is 64.6 Å². The number of benzene rings is 2. The smallest absolute Gasteiger partial charge is 0.337 e. The van der Waals surface area contributed by atoms with Crippen LogP contribution in [-0.4, -0.2) is 88.8 Å². The number of rotatable bonds is 16. The van der Waals surface area contributed by atoms with Gasteiger partial charge in [-0.1, -0.05) is 99.5 Å². The highest BCUT2D eigenvalue weighted by Crippen LogP contribution is 2.49. The number of ether oxygens (including phenoxy) is 2. The van der Waals surface area contributed by atoms with E-state index in [1.54, 1.807) is 42.5 Å². The maximum absolute atomic E-state index is 14.4. The third-order valence-electron chi connectivity index (χ3n) is 13.9. The zero-order valence-corrected chi connectivity index (χ0v) is 45.4. The van der Waals surface area contributed by atoms with Crippen LogP contribution in [0.3, 0.4) is 0 Å². The summed E-state index contributed by atoms with van der Waals surface area (Å²) >= 11 is 38.6. The van der Waals surface area contributed by atoms with Crippen molar-refractivity contribution < 1.29 is 52.9 Å². The lowest BCUT2D eigenvalue weighted by Gasteiger charge is -2.47. The van der Waals surface area contributed by atoms with Gasteiger partial charge in [0, 0.05) is 71.3 Å². The molecule has 2 aliphatic heterocycles. The monoisotopic (exact) mass is 1210 g/mol. The molecule has 4 N–H and O–H groups in total. The lowest BCUT2D eigenvalue weighted by atomic mass is 9.86. The Morgan fingerprint density at radius 1 is 0.588 bits per heavy atom. The van der Waals surface area contributed by atoms with Crippen molar-refractivity contribution in [2.75, 3.05) is 36.0 Å². The fourth-order valence-corrected chi connectivity index (χ4v) is 11.2. The molecule has 0 amide bonds. The van der Waals surface area contributed by atoms with Crippen LogP contribution in [0.25, 0.3) is 22.5 Å². The van der Waals surface area contributed by atoms with Gasteiger partial charge in [0.25, 0.3) is 0 Å². The molecule has 6 aromatic heterocycles. The molecule has 414 valence electrons. The van der Waals surface area contributed by atoms with Gasteiger partial charge in [0.2, 0.25) is 0 Å². The Bertz CT molecular complexity index is 3640. The molecule has 12 rings (SSSR count). The van der Waals surface area contributed by atoms with Crippen LogP contribution in [0.2, 0.25) is 30.1 Å². The summed E-state index contributed by atoms with van der Waals surface area (Å²) in [5.74, 6) is 0.391. The van der Waals surface area contributed by atoms with Crippen molar-refractivity contribution >= 4 is 93.2 Å². The van der Waals surface area contributed by atoms with E-state index in [1.165, 1.54) is 42.0 Å². The fraction of sp³-hybridized carbons (Fsp3) is 0.273. The van der Waals surface area contributed by atoms with Crippen LogP contribution in [0.5, 0.6) is 11.5 Å². The summed E-state index contributed by atoms with van der Waals surface area (Å²) < 4.78 is 37.9. The summed E-state index contributed by atoms with van der Waals surface area (Å²) in [5.41, 5.74) is 1.87. The highest BCUT2D eigenvalue weighted by Gasteiger charge is 2.47. The Labute approximate surface area is 485 Å². The molecule has 8 aromatic rings. The number of carboxylic acid groups (broad SMARTS) is 2. The van der Waals surface area contributed by atoms with Crippen LogP contribution in [0.15, 0.2) is 101 Å². The van der Waals surface area contributed by atoms with Crippen LogP contribution in [0.1, 0.15) is 99.4 Å². The number of β-amino-alcohol motifs (C(OH)–C–C–N with tert-alkyl or cyclic N) is 2. The summed E-state index contributed by atoms with van der Waals surface area (Å²) in [6.07, 6.45) is 12.3. The summed E-state index contributed by atoms with van der Waals surface area (Å²) in [6.45, 7) is 0.830. The minimum Gasteiger partial charge on any atom is -0.489 e. The molecule has 0 unspecified atom stereocenters. The predicted octanol–water partition coefficient (Wildman–Crippen LogP) is 12.7. The minimum atomic E-state index is -1.36. The van der Waals surface area contributed by atoms with Gasteiger partial charge in [-0.25, -0.2) is 23.9 Å². The number of carboxylic acids is 2. The third-order valence-corrected chi connectivity index (χ3v) is 15.6. The normalized spacial score (nSPS) is 15.9. The molecule has 18 nitrogen and oxygen atoms in total. The maximum atomic E-state index is 14.4. The van der Waals surface area contributed by atoms with E-state index in [2.05, 4.69) is 30.2 Å². The molecular weight excluding hydrogens is 1160 g/mol. The second kappa shape index (κ2) is 22.6. The highest BCUT2D eigenvalue weighted by molar-refractivity contribution is 6.39. The first-order valence-electron chi connectivity index (χ1n) is 24.3. The summed E-state index contributed by atoms with van der Waals surface area (Å²) in [6, 6.07) is 14.1. The molecule has 2 saturated heterocycles. The number of carbonyl (C=O) groups is 2. The summed E-state index contributed by atoms with van der Waals surface area (Å²) in [4.78, 5) is 41.5. The largest absolute Gasteiger partial charge is 0.489 e. The number of aromatic carboxylic acids is 2. The highest BCUT2D eigenvalue weighted by atomic mass is 35.5. The number of halogens is 7. The van der Waals surface area contributed by atoms with E-state index in [0.29, 0.717) is 76.1 Å². The van der Waals surface area contributed by atoms with Crippen LogP contribution in [0.4, 0.5) is 16.0 Å². The van der Waals surface area contributed by atoms with Crippen LogP contribution in [-0.2, 0) is 24.4 Å². The molecule has 2 aromatic carbocycles. The average Bonchev–Trinajstić information content (AvgIpc) is 4.36. The van der Waals surface area contributed by atoms with Gasteiger partial charge in [-0.05, 0) is 68.1 Å². The molecule has 4 fully saturated rings. The quantitative estimate of drug-likeness (QED) is 0.0702. The Balaban J connectivity index is 0.000000178. The standard InChI is InChI=1S/C27H20Cl3FN4O5.C27H21Cl3N4O5.CH4/c28-18-6-15(3-4-17(18)27(38)11-35(12-27)25-21(31)5-14(7-33-25)26(36)37)39-10-16-23(34-40-24(16)13-1-2-13)22-19(29)8-32-9-20(22)30;28-19-7-16(4-5-18(19)27(37)12-34(13-27)22-6-3-15(8-32-22)26(35)36)38-11-17-24(33-39-25(17)14-1-2-14)23-20(29)9-31-10-21(23)30;/h3-9,13,38H,1-2,10-12H2,(H,36,37);3-10,14,37H,1-2,11-13H2,(H,35,36);1H4. The second-order valence-corrected chi connectivity index (χ2v) is 21.9. The summed E-state index contributed by atoms with van der Waals surface area (Å²) in [7, 11) is 0. The first-order chi connectivity index (χ1) is 37.9. The van der Waals surface area contributed by atoms with Crippen LogP contribution >= 0.6 is 69.6 Å². The molecule has 0 atom stereocenters. The van der Waals surface area contributed by atoms with E-state index < -0.39 is 29.0 Å². The molecule has 0 spiro atoms. The number of hydrogen-bond acceptors (Lipinski definition) is 16. The van der Waals surface area contributed by atoms with Crippen molar-refractivity contribution in [1.82, 2.24) is 30.2 Å². The maximum Gasteiger partial charge on any atom is 0.337 e. The van der Waals surface area contributed by atoms with Crippen molar-refractivity contribution in [3.05, 3.63) is 173 Å². The van der Waals surface area contributed by atoms with Crippen LogP contribution < -0.4 is 19.3 Å². The first-order valence-corrected chi connectivity index (χ1v) is 26.6. The summed E-state index contributed by atoms with van der Waals surface area (Å²) in [5, 5.41) is 50.9. The Morgan fingerprint density at radius 3 is 1.41 bits per heavy atom. The van der Waals surface area contributed by atoms with Gasteiger partial charge in [-0.3, -0.25) is 9.97 Å². The SMILES string of the molecule is C.O=C(O)c1ccc(N2CC(O)(c3ccc(OCc4c(-c5c(Cl)cncc5Cl)noc4C4CC4)cc3Cl)C2)nc1.O=C(O)c1cnc(N2CC(O)(c3ccc(OCc4c(-c5c(Cl)cncc5Cl)noc4C4CC4)cc3Cl)C2)c(F)c1. The molecule has 0 radical (unpaired) electrons. The molecule has 4 aliphatic rings. The Morgan fingerprint density at radius 2 is 1.02 bits per heavy atom. The van der Waals surface area contributed by atoms with E-state index in [4.69, 9.17) is 98.3 Å². The Kier molecular flexibility index (Phi) is 16.0. The van der Waals surface area contributed by atoms with Crippen molar-refractivity contribution in [1.29, 1.82) is 0 Å². The number of nitrogens with zero attached hydrogens (tertiary/aromatic N) is 8. The van der Waals surface area contributed by atoms with E-state index in [9.17, 15) is 24.2 Å². The second-order valence-electron chi connectivity index (χ2n) is 19.4. The van der Waals surface area contributed by atoms with Gasteiger partial charge in [-0.15, -0.1) is 0 Å². The number of anilines is 2. The molecule has 25 heteroatoms. The third kappa shape index (κ3) is 11.3. The molecule has 2 aliphatic carbocycles. The van der Waals surface area contributed by atoms with E-state index in [0.717, 1.165) is 60.6 Å². The zero-order chi connectivity index (χ0) is 55.5. The van der Waals surface area contributed by atoms with Crippen molar-refractivity contribution in [3.8, 4) is 34.0 Å². The zero-order valence-electron chi connectivity index (χ0n) is 40.8. The number of aliphatic hydroxyl groups is 2. The fourth-order valence-electron chi connectivity index (χ4n) is 9.46. The van der Waals surface area contributed by atoms with Gasteiger partial charge in [0.15, 0.2) is 11.6 Å². The van der Waals surface area contributed by atoms with Gasteiger partial charge < -0.3 is 48.7 Å². The number of aromatic nitrogens is 6. The lowest BCUT2D eigenvalue weighted by molar-refractivity contribution is 0.00648. The van der Waals surface area contributed by atoms with Crippen molar-refractivity contribution in [2.24, 2.45) is 0 Å². The molecule has 8 heterocycles.